The molecule has 1 unspecified atom stereocenters. The van der Waals surface area contributed by atoms with Gasteiger partial charge in [0.25, 0.3) is 11.7 Å². The number of rotatable bonds is 5. The number of halogens is 1. The second-order valence-corrected chi connectivity index (χ2v) is 8.10. The van der Waals surface area contributed by atoms with Crippen LogP contribution in [0.15, 0.2) is 48.0 Å². The van der Waals surface area contributed by atoms with Crippen molar-refractivity contribution < 1.29 is 14.7 Å². The zero-order valence-corrected chi connectivity index (χ0v) is 17.8. The largest absolute Gasteiger partial charge is 0.507 e. The third-order valence-corrected chi connectivity index (χ3v) is 5.41. The molecule has 0 bridgehead atoms. The van der Waals surface area contributed by atoms with E-state index in [9.17, 15) is 14.7 Å². The fraction of sp³-hybridized carbons (Fsp3) is 0.304. The number of likely N-dealkylation sites (N-methyl/N-ethyl adjacent to an activating group) is 1. The van der Waals surface area contributed by atoms with E-state index in [0.29, 0.717) is 23.7 Å². The molecule has 2 aromatic carbocycles. The molecule has 0 spiro atoms. The molecule has 1 amide bonds. The van der Waals surface area contributed by atoms with Crippen LogP contribution in [-0.2, 0) is 9.59 Å². The monoisotopic (exact) mass is 412 g/mol. The van der Waals surface area contributed by atoms with E-state index in [2.05, 4.69) is 0 Å². The molecule has 1 N–H and O–H groups in total. The number of carbonyl (C=O) groups excluding carboxylic acids is 2. The summed E-state index contributed by atoms with van der Waals surface area (Å²) in [4.78, 5) is 29.3. The first-order valence-electron chi connectivity index (χ1n) is 9.47. The molecule has 1 aliphatic rings. The van der Waals surface area contributed by atoms with E-state index in [1.807, 2.05) is 51.0 Å². The number of likely N-dealkylation sites (tertiary alicyclic amines) is 1. The molecule has 1 fully saturated rings. The van der Waals surface area contributed by atoms with Gasteiger partial charge in [0, 0.05) is 23.7 Å². The molecule has 2 aromatic rings. The van der Waals surface area contributed by atoms with Crippen LogP contribution in [0.5, 0.6) is 0 Å². The number of benzene rings is 2. The summed E-state index contributed by atoms with van der Waals surface area (Å²) in [5.74, 6) is -1.40. The van der Waals surface area contributed by atoms with Crippen molar-refractivity contribution >= 4 is 29.1 Å². The molecule has 6 heteroatoms. The van der Waals surface area contributed by atoms with Crippen LogP contribution in [0, 0.1) is 13.8 Å². The van der Waals surface area contributed by atoms with Crippen LogP contribution in [0.25, 0.3) is 5.76 Å². The maximum atomic E-state index is 13.0. The van der Waals surface area contributed by atoms with Crippen LogP contribution in [0.4, 0.5) is 0 Å². The van der Waals surface area contributed by atoms with Gasteiger partial charge in [-0.2, -0.15) is 0 Å². The molecule has 29 heavy (non-hydrogen) atoms. The molecule has 1 aliphatic heterocycles. The number of aliphatic hydroxyl groups excluding tert-OH is 1. The van der Waals surface area contributed by atoms with Gasteiger partial charge < -0.3 is 14.9 Å². The van der Waals surface area contributed by atoms with Gasteiger partial charge >= 0.3 is 0 Å². The Balaban J connectivity index is 2.19. The highest BCUT2D eigenvalue weighted by Crippen LogP contribution is 2.40. The highest BCUT2D eigenvalue weighted by Gasteiger charge is 2.46. The molecule has 0 saturated carbocycles. The fourth-order valence-electron chi connectivity index (χ4n) is 3.55. The SMILES string of the molecule is Cc1ccc(C)c(C(O)=C2C(=O)C(=O)N(CCN(C)C)C2c2ccc(Cl)cc2)c1. The number of aryl methyl sites for hydroxylation is 2. The van der Waals surface area contributed by atoms with Crippen molar-refractivity contribution in [1.29, 1.82) is 0 Å². The van der Waals surface area contributed by atoms with Crippen LogP contribution < -0.4 is 0 Å². The predicted octanol–water partition coefficient (Wildman–Crippen LogP) is 3.94. The summed E-state index contributed by atoms with van der Waals surface area (Å²) in [6.45, 7) is 4.76. The van der Waals surface area contributed by atoms with Gasteiger partial charge in [-0.15, -0.1) is 0 Å². The topological polar surface area (TPSA) is 60.9 Å². The van der Waals surface area contributed by atoms with Crippen LogP contribution >= 0.6 is 11.6 Å². The fourth-order valence-corrected chi connectivity index (χ4v) is 3.67. The van der Waals surface area contributed by atoms with E-state index in [1.54, 1.807) is 24.3 Å². The average molecular weight is 413 g/mol. The Labute approximate surface area is 176 Å². The number of hydrogen-bond acceptors (Lipinski definition) is 4. The van der Waals surface area contributed by atoms with Gasteiger partial charge in [-0.05, 0) is 57.3 Å². The van der Waals surface area contributed by atoms with Crippen molar-refractivity contribution in [2.45, 2.75) is 19.9 Å². The van der Waals surface area contributed by atoms with E-state index in [0.717, 1.165) is 16.7 Å². The lowest BCUT2D eigenvalue weighted by molar-refractivity contribution is -0.140. The summed E-state index contributed by atoms with van der Waals surface area (Å²) < 4.78 is 0. The van der Waals surface area contributed by atoms with Crippen molar-refractivity contribution in [2.24, 2.45) is 0 Å². The van der Waals surface area contributed by atoms with Crippen molar-refractivity contribution in [2.75, 3.05) is 27.2 Å². The number of nitrogens with zero attached hydrogens (tertiary/aromatic N) is 2. The summed E-state index contributed by atoms with van der Waals surface area (Å²) in [6.07, 6.45) is 0. The Morgan fingerprint density at radius 1 is 1.10 bits per heavy atom. The van der Waals surface area contributed by atoms with E-state index in [4.69, 9.17) is 11.6 Å². The van der Waals surface area contributed by atoms with Crippen molar-refractivity contribution in [3.63, 3.8) is 0 Å². The lowest BCUT2D eigenvalue weighted by atomic mass is 9.93. The van der Waals surface area contributed by atoms with Gasteiger partial charge in [0.1, 0.15) is 5.76 Å². The number of amides is 1. The molecule has 1 atom stereocenters. The molecule has 0 aromatic heterocycles. The standard InChI is InChI=1S/C23H25ClN2O3/c1-14-5-6-15(2)18(13-14)21(27)19-20(16-7-9-17(24)10-8-16)26(12-11-25(3)4)23(29)22(19)28/h5-10,13,20,27H,11-12H2,1-4H3. The molecule has 1 saturated heterocycles. The van der Waals surface area contributed by atoms with Crippen LogP contribution in [0.3, 0.4) is 0 Å². The summed E-state index contributed by atoms with van der Waals surface area (Å²) in [5.41, 5.74) is 3.21. The molecule has 5 nitrogen and oxygen atoms in total. The van der Waals surface area contributed by atoms with Crippen molar-refractivity contribution in [3.8, 4) is 0 Å². The van der Waals surface area contributed by atoms with E-state index >= 15 is 0 Å². The average Bonchev–Trinajstić information content (AvgIpc) is 2.93. The van der Waals surface area contributed by atoms with Gasteiger partial charge in [-0.3, -0.25) is 9.59 Å². The number of carbonyl (C=O) groups is 2. The number of hydrogen-bond donors (Lipinski definition) is 1. The third kappa shape index (κ3) is 4.21. The normalized spacial score (nSPS) is 18.7. The number of aliphatic hydroxyl groups is 1. The smallest absolute Gasteiger partial charge is 0.295 e. The zero-order valence-electron chi connectivity index (χ0n) is 17.1. The molecule has 0 aliphatic carbocycles. The van der Waals surface area contributed by atoms with Gasteiger partial charge in [0.05, 0.1) is 11.6 Å². The predicted molar refractivity (Wildman–Crippen MR) is 115 cm³/mol. The van der Waals surface area contributed by atoms with Crippen molar-refractivity contribution in [3.05, 3.63) is 75.3 Å². The molecule has 152 valence electrons. The summed E-state index contributed by atoms with van der Waals surface area (Å²) >= 11 is 6.03. The number of Topliss-reactive ketones (excluding diaryl/α,β-unsaturated/α-hetero) is 1. The minimum atomic E-state index is -0.665. The Bertz CT molecular complexity index is 980. The first kappa shape index (κ1) is 21.1. The van der Waals surface area contributed by atoms with Crippen LogP contribution in [0.2, 0.25) is 5.02 Å². The van der Waals surface area contributed by atoms with E-state index < -0.39 is 17.7 Å². The van der Waals surface area contributed by atoms with Gasteiger partial charge in [0.15, 0.2) is 0 Å². The minimum Gasteiger partial charge on any atom is -0.507 e. The highest BCUT2D eigenvalue weighted by atomic mass is 35.5. The molecule has 0 radical (unpaired) electrons. The van der Waals surface area contributed by atoms with Crippen molar-refractivity contribution in [1.82, 2.24) is 9.80 Å². The van der Waals surface area contributed by atoms with E-state index in [1.165, 1.54) is 4.90 Å². The first-order valence-corrected chi connectivity index (χ1v) is 9.84. The van der Waals surface area contributed by atoms with Gasteiger partial charge in [0.2, 0.25) is 0 Å². The van der Waals surface area contributed by atoms with E-state index in [-0.39, 0.29) is 11.3 Å². The number of ketones is 1. The Kier molecular flexibility index (Phi) is 6.10. The second-order valence-electron chi connectivity index (χ2n) is 7.67. The Hall–Kier alpha value is -2.63. The molecule has 1 heterocycles. The Morgan fingerprint density at radius 2 is 1.76 bits per heavy atom. The maximum absolute atomic E-state index is 13.0. The Morgan fingerprint density at radius 3 is 2.38 bits per heavy atom. The summed E-state index contributed by atoms with van der Waals surface area (Å²) in [7, 11) is 3.81. The summed E-state index contributed by atoms with van der Waals surface area (Å²) in [6, 6.07) is 12.0. The zero-order chi connectivity index (χ0) is 21.3. The lowest BCUT2D eigenvalue weighted by Crippen LogP contribution is -2.35. The molecular weight excluding hydrogens is 388 g/mol. The van der Waals surface area contributed by atoms with Crippen LogP contribution in [0.1, 0.15) is 28.3 Å². The quantitative estimate of drug-likeness (QED) is 0.459. The second kappa shape index (κ2) is 8.39. The van der Waals surface area contributed by atoms with Gasteiger partial charge in [-0.25, -0.2) is 0 Å². The summed E-state index contributed by atoms with van der Waals surface area (Å²) in [5, 5.41) is 11.7. The molecular formula is C23H25ClN2O3. The third-order valence-electron chi connectivity index (χ3n) is 5.16. The lowest BCUT2D eigenvalue weighted by Gasteiger charge is -2.26. The van der Waals surface area contributed by atoms with Crippen LogP contribution in [-0.4, -0.2) is 53.8 Å². The molecule has 3 rings (SSSR count). The minimum absolute atomic E-state index is 0.116. The maximum Gasteiger partial charge on any atom is 0.295 e. The highest BCUT2D eigenvalue weighted by molar-refractivity contribution is 6.46. The first-order chi connectivity index (χ1) is 13.7. The van der Waals surface area contributed by atoms with Gasteiger partial charge in [-0.1, -0.05) is 41.4 Å².